The van der Waals surface area contributed by atoms with Crippen LogP contribution in [0.25, 0.3) is 0 Å². The van der Waals surface area contributed by atoms with Gasteiger partial charge in [-0.2, -0.15) is 6.08 Å². The van der Waals surface area contributed by atoms with Gasteiger partial charge in [0.05, 0.1) is 0 Å². The van der Waals surface area contributed by atoms with E-state index in [1.165, 1.54) is 0 Å². The molecular formula is C8H8Cl2Cr. The van der Waals surface area contributed by atoms with E-state index in [0.717, 1.165) is 12.8 Å². The topological polar surface area (TPSA) is 0 Å². The van der Waals surface area contributed by atoms with Crippen LogP contribution in [0.15, 0.2) is 24.3 Å². The molecule has 0 N–H and O–H groups in total. The van der Waals surface area contributed by atoms with E-state index in [2.05, 4.69) is 18.2 Å². The van der Waals surface area contributed by atoms with Crippen LogP contribution in [0, 0.1) is 12.2 Å². The molecule has 0 heterocycles. The molecule has 3 heteroatoms. The van der Waals surface area contributed by atoms with Gasteiger partial charge in [0, 0.05) is 0 Å². The summed E-state index contributed by atoms with van der Waals surface area (Å²) in [5.41, 5.74) is 0. The number of hydrogen-bond donors (Lipinski definition) is 0. The molecular weight excluding hydrogens is 219 g/mol. The first-order valence-corrected chi connectivity index (χ1v) is 2.77. The molecule has 0 fully saturated rings. The van der Waals surface area contributed by atoms with Gasteiger partial charge in [-0.05, 0) is 0 Å². The van der Waals surface area contributed by atoms with Crippen molar-refractivity contribution in [3.63, 3.8) is 0 Å². The minimum absolute atomic E-state index is 0. The third-order valence-corrected chi connectivity index (χ3v) is 0.790. The van der Waals surface area contributed by atoms with Gasteiger partial charge in [0.25, 0.3) is 0 Å². The van der Waals surface area contributed by atoms with E-state index in [1.54, 1.807) is 0 Å². The van der Waals surface area contributed by atoms with Crippen LogP contribution in [0.3, 0.4) is 0 Å². The molecule has 0 saturated heterocycles. The molecule has 11 heavy (non-hydrogen) atoms. The Bertz CT molecular complexity index is 125. The molecule has 0 bridgehead atoms. The second kappa shape index (κ2) is 13.0. The van der Waals surface area contributed by atoms with E-state index < -0.39 is 0 Å². The summed E-state index contributed by atoms with van der Waals surface area (Å²) in [6.45, 7) is 0. The summed E-state index contributed by atoms with van der Waals surface area (Å²) in [6, 6.07) is 0. The predicted octanol–water partition coefficient (Wildman–Crippen LogP) is -3.94. The van der Waals surface area contributed by atoms with Crippen molar-refractivity contribution >= 4 is 0 Å². The van der Waals surface area contributed by atoms with Crippen molar-refractivity contribution in [1.29, 1.82) is 0 Å². The number of hydrogen-bond acceptors (Lipinski definition) is 0. The van der Waals surface area contributed by atoms with Gasteiger partial charge in [-0.1, -0.05) is 0 Å². The van der Waals surface area contributed by atoms with Crippen molar-refractivity contribution in [3.05, 3.63) is 36.5 Å². The first kappa shape index (κ1) is 17.4. The Balaban J connectivity index is -0.0000000967. The van der Waals surface area contributed by atoms with E-state index in [1.807, 2.05) is 18.2 Å². The Labute approximate surface area is 91.4 Å². The quantitative estimate of drug-likeness (QED) is 0.371. The van der Waals surface area contributed by atoms with Gasteiger partial charge in [0.2, 0.25) is 0 Å². The standard InChI is InChI=1S/C5H5.C3H3.2ClH.Cr/c1-2-4-5-3-1;1-2-3-1;;;/h1-3H,4H2;1H,2H2;2*1H;/q2*-1;;;+4/p-2. The van der Waals surface area contributed by atoms with Gasteiger partial charge in [0.1, 0.15) is 0 Å². The van der Waals surface area contributed by atoms with Crippen LogP contribution in [-0.2, 0) is 17.4 Å². The zero-order valence-electron chi connectivity index (χ0n) is 5.89. The summed E-state index contributed by atoms with van der Waals surface area (Å²) in [6.07, 6.45) is 16.0. The van der Waals surface area contributed by atoms with Crippen LogP contribution in [0.1, 0.15) is 12.8 Å². The van der Waals surface area contributed by atoms with Gasteiger partial charge in [-0.25, -0.2) is 18.6 Å². The summed E-state index contributed by atoms with van der Waals surface area (Å²) in [4.78, 5) is 0. The molecule has 0 nitrogen and oxygen atoms in total. The fourth-order valence-electron chi connectivity index (χ4n) is 0.340. The van der Waals surface area contributed by atoms with E-state index >= 15 is 0 Å². The Hall–Kier alpha value is 0.332. The number of allylic oxidation sites excluding steroid dienone is 6. The van der Waals surface area contributed by atoms with Crippen LogP contribution in [0.5, 0.6) is 0 Å². The SMILES string of the molecule is [C-]1=CC1.[C-]1=CC=CC1.[Cl-].[Cl-].[Cr+4]. The van der Waals surface area contributed by atoms with Crippen LogP contribution < -0.4 is 24.8 Å². The van der Waals surface area contributed by atoms with Gasteiger partial charge in [-0.15, -0.1) is 6.42 Å². The minimum Gasteiger partial charge on any atom is -1.00 e. The van der Waals surface area contributed by atoms with Crippen LogP contribution in [0.2, 0.25) is 0 Å². The smallest absolute Gasteiger partial charge is 1.00 e. The first-order chi connectivity index (χ1) is 4.00. The first-order valence-electron chi connectivity index (χ1n) is 2.77. The van der Waals surface area contributed by atoms with E-state index in [9.17, 15) is 0 Å². The van der Waals surface area contributed by atoms with E-state index in [4.69, 9.17) is 0 Å². The Morgan fingerprint density at radius 2 is 1.55 bits per heavy atom. The molecule has 2 aliphatic rings. The van der Waals surface area contributed by atoms with Crippen LogP contribution >= 0.6 is 0 Å². The minimum atomic E-state index is 0. The molecule has 2 rings (SSSR count). The third kappa shape index (κ3) is 17.9. The van der Waals surface area contributed by atoms with Gasteiger partial charge >= 0.3 is 17.4 Å². The molecule has 0 radical (unpaired) electrons. The zero-order valence-corrected chi connectivity index (χ0v) is 8.67. The molecule has 0 aromatic heterocycles. The Morgan fingerprint density at radius 3 is 1.64 bits per heavy atom. The second-order valence-corrected chi connectivity index (χ2v) is 1.62. The fourth-order valence-corrected chi connectivity index (χ4v) is 0.340. The average Bonchev–Trinajstić information content (AvgIpc) is 2.55. The van der Waals surface area contributed by atoms with E-state index in [0.29, 0.717) is 0 Å². The Morgan fingerprint density at radius 1 is 1.00 bits per heavy atom. The van der Waals surface area contributed by atoms with Crippen LogP contribution in [0.4, 0.5) is 0 Å². The monoisotopic (exact) mass is 226 g/mol. The van der Waals surface area contributed by atoms with Crippen molar-refractivity contribution in [2.24, 2.45) is 0 Å². The third-order valence-electron chi connectivity index (χ3n) is 0.790. The molecule has 0 spiro atoms. The normalized spacial score (nSPS) is 13.1. The van der Waals surface area contributed by atoms with E-state index in [-0.39, 0.29) is 42.2 Å². The van der Waals surface area contributed by atoms with Gasteiger partial charge < -0.3 is 30.9 Å². The maximum atomic E-state index is 2.99. The summed E-state index contributed by atoms with van der Waals surface area (Å²) in [5.74, 6) is 0. The fraction of sp³-hybridized carbons (Fsp3) is 0.250. The molecule has 0 saturated carbocycles. The van der Waals surface area contributed by atoms with Gasteiger partial charge in [-0.3, -0.25) is 12.2 Å². The molecule has 0 amide bonds. The van der Waals surface area contributed by atoms with Gasteiger partial charge in [0.15, 0.2) is 0 Å². The van der Waals surface area contributed by atoms with Crippen molar-refractivity contribution < 1.29 is 42.2 Å². The van der Waals surface area contributed by atoms with Crippen LogP contribution in [-0.4, -0.2) is 0 Å². The zero-order chi connectivity index (χ0) is 5.66. The number of halogens is 2. The molecule has 0 unspecified atom stereocenters. The average molecular weight is 227 g/mol. The van der Waals surface area contributed by atoms with Crippen molar-refractivity contribution in [1.82, 2.24) is 0 Å². The van der Waals surface area contributed by atoms with Crippen molar-refractivity contribution in [2.75, 3.05) is 0 Å². The summed E-state index contributed by atoms with van der Waals surface area (Å²) in [5, 5.41) is 0. The molecule has 0 aromatic carbocycles. The number of rotatable bonds is 0. The summed E-state index contributed by atoms with van der Waals surface area (Å²) in [7, 11) is 0. The molecule has 60 valence electrons. The maximum absolute atomic E-state index is 2.99. The van der Waals surface area contributed by atoms with Crippen molar-refractivity contribution in [3.8, 4) is 0 Å². The summed E-state index contributed by atoms with van der Waals surface area (Å²) < 4.78 is 0. The van der Waals surface area contributed by atoms with Crippen molar-refractivity contribution in [2.45, 2.75) is 12.8 Å². The summed E-state index contributed by atoms with van der Waals surface area (Å²) >= 11 is 0. The molecule has 0 aliphatic heterocycles. The molecule has 0 aromatic rings. The predicted molar refractivity (Wildman–Crippen MR) is 34.0 cm³/mol. The molecule has 2 aliphatic carbocycles. The largest absolute Gasteiger partial charge is 4.00 e. The molecule has 0 atom stereocenters. The Kier molecular flexibility index (Phi) is 20.5. The second-order valence-electron chi connectivity index (χ2n) is 1.62. The maximum Gasteiger partial charge on any atom is 4.00 e.